The van der Waals surface area contributed by atoms with Crippen molar-refractivity contribution in [1.82, 2.24) is 9.55 Å². The highest BCUT2D eigenvalue weighted by Gasteiger charge is 2.24. The van der Waals surface area contributed by atoms with Gasteiger partial charge in [0.1, 0.15) is 6.20 Å². The highest BCUT2D eigenvalue weighted by Crippen LogP contribution is 2.12. The molecule has 0 spiro atoms. The third-order valence-corrected chi connectivity index (χ3v) is 1.74. The highest BCUT2D eigenvalue weighted by atomic mass is 19.1. The molecule has 0 saturated carbocycles. The van der Waals surface area contributed by atoms with E-state index in [0.29, 0.717) is 12.4 Å². The van der Waals surface area contributed by atoms with Crippen LogP contribution in [0.5, 0.6) is 0 Å². The van der Waals surface area contributed by atoms with Crippen molar-refractivity contribution in [2.75, 3.05) is 6.61 Å². The van der Waals surface area contributed by atoms with Crippen LogP contribution < -0.4 is 5.69 Å². The molecule has 1 aromatic heterocycles. The van der Waals surface area contributed by atoms with Gasteiger partial charge in [-0.15, -0.1) is 0 Å². The van der Waals surface area contributed by atoms with Crippen molar-refractivity contribution in [3.05, 3.63) is 33.0 Å². The Kier molecular flexibility index (Phi) is 3.86. The normalized spacial score (nSPS) is 11.9. The number of carbonyl (C=O) groups excluding carboxylic acids is 1. The largest absolute Gasteiger partial charge is 0.462 e. The second kappa shape index (κ2) is 5.14. The number of hydrogen-bond acceptors (Lipinski definition) is 6. The number of ether oxygens (including phenoxy) is 1. The van der Waals surface area contributed by atoms with Crippen LogP contribution in [0.3, 0.4) is 0 Å². The molecule has 0 fully saturated rings. The SMILES string of the molecule is CCOC(=O)C(F)n1cc([N+](=O)[O-])cnc1=O. The minimum absolute atomic E-state index is 0.0731. The summed E-state index contributed by atoms with van der Waals surface area (Å²) in [6, 6.07) is 0. The Morgan fingerprint density at radius 3 is 2.94 bits per heavy atom. The highest BCUT2D eigenvalue weighted by molar-refractivity contribution is 5.72. The summed E-state index contributed by atoms with van der Waals surface area (Å²) in [5.74, 6) is -1.31. The molecule has 0 saturated heterocycles. The number of hydrogen-bond donors (Lipinski definition) is 0. The van der Waals surface area contributed by atoms with E-state index in [2.05, 4.69) is 9.72 Å². The van der Waals surface area contributed by atoms with E-state index in [4.69, 9.17) is 0 Å². The molecule has 0 aliphatic heterocycles. The van der Waals surface area contributed by atoms with Gasteiger partial charge in [-0.1, -0.05) is 0 Å². The van der Waals surface area contributed by atoms with Crippen LogP contribution in [0.2, 0.25) is 0 Å². The standard InChI is InChI=1S/C8H8FN3O5/c1-2-17-7(13)6(9)11-4-5(12(15)16)3-10-8(11)14/h3-4,6H,2H2,1H3. The molecule has 0 aromatic carbocycles. The van der Waals surface area contributed by atoms with Gasteiger partial charge in [0.2, 0.25) is 0 Å². The molecule has 1 atom stereocenters. The molecule has 92 valence electrons. The lowest BCUT2D eigenvalue weighted by molar-refractivity contribution is -0.385. The summed E-state index contributed by atoms with van der Waals surface area (Å²) >= 11 is 0. The van der Waals surface area contributed by atoms with Crippen LogP contribution >= 0.6 is 0 Å². The summed E-state index contributed by atoms with van der Waals surface area (Å²) in [5, 5.41) is 10.4. The van der Waals surface area contributed by atoms with E-state index < -0.39 is 28.6 Å². The minimum Gasteiger partial charge on any atom is -0.462 e. The number of alkyl halides is 1. The molecule has 0 radical (unpaired) electrons. The minimum atomic E-state index is -2.45. The Morgan fingerprint density at radius 2 is 2.41 bits per heavy atom. The molecule has 8 nitrogen and oxygen atoms in total. The molecule has 0 N–H and O–H groups in total. The Bertz CT molecular complexity index is 500. The molecule has 0 aliphatic carbocycles. The van der Waals surface area contributed by atoms with Crippen molar-refractivity contribution in [2.24, 2.45) is 0 Å². The third-order valence-electron chi connectivity index (χ3n) is 1.74. The summed E-state index contributed by atoms with van der Waals surface area (Å²) in [7, 11) is 0. The van der Waals surface area contributed by atoms with Gasteiger partial charge in [0.05, 0.1) is 17.7 Å². The van der Waals surface area contributed by atoms with Gasteiger partial charge in [0.15, 0.2) is 0 Å². The van der Waals surface area contributed by atoms with Crippen LogP contribution in [0.4, 0.5) is 10.1 Å². The monoisotopic (exact) mass is 245 g/mol. The van der Waals surface area contributed by atoms with E-state index >= 15 is 0 Å². The second-order valence-corrected chi connectivity index (χ2v) is 2.85. The van der Waals surface area contributed by atoms with E-state index in [-0.39, 0.29) is 11.2 Å². The van der Waals surface area contributed by atoms with E-state index in [1.54, 1.807) is 0 Å². The summed E-state index contributed by atoms with van der Waals surface area (Å²) < 4.78 is 18.0. The van der Waals surface area contributed by atoms with Crippen molar-refractivity contribution in [3.63, 3.8) is 0 Å². The van der Waals surface area contributed by atoms with Crippen LogP contribution in [0.1, 0.15) is 13.2 Å². The van der Waals surface area contributed by atoms with Gasteiger partial charge in [-0.05, 0) is 6.92 Å². The van der Waals surface area contributed by atoms with Gasteiger partial charge >= 0.3 is 17.3 Å². The molecule has 1 heterocycles. The van der Waals surface area contributed by atoms with Gasteiger partial charge < -0.3 is 4.74 Å². The van der Waals surface area contributed by atoms with Crippen LogP contribution in [-0.2, 0) is 9.53 Å². The molecule has 9 heteroatoms. The lowest BCUT2D eigenvalue weighted by Crippen LogP contribution is -2.30. The maximum atomic E-state index is 13.4. The van der Waals surface area contributed by atoms with E-state index in [9.17, 15) is 24.1 Å². The average Bonchev–Trinajstić information content (AvgIpc) is 2.28. The number of carbonyl (C=O) groups is 1. The lowest BCUT2D eigenvalue weighted by atomic mass is 10.5. The first kappa shape index (κ1) is 12.7. The first-order valence-corrected chi connectivity index (χ1v) is 4.50. The number of rotatable bonds is 4. The number of aromatic nitrogens is 2. The Hall–Kier alpha value is -2.32. The van der Waals surface area contributed by atoms with E-state index in [0.717, 1.165) is 0 Å². The molecule has 1 aromatic rings. The second-order valence-electron chi connectivity index (χ2n) is 2.85. The zero-order valence-corrected chi connectivity index (χ0v) is 8.70. The van der Waals surface area contributed by atoms with E-state index in [1.165, 1.54) is 6.92 Å². The lowest BCUT2D eigenvalue weighted by Gasteiger charge is -2.09. The first-order chi connectivity index (χ1) is 7.97. The molecule has 17 heavy (non-hydrogen) atoms. The van der Waals surface area contributed by atoms with E-state index in [1.807, 2.05) is 0 Å². The zero-order valence-electron chi connectivity index (χ0n) is 8.70. The summed E-state index contributed by atoms with van der Waals surface area (Å²) in [4.78, 5) is 34.8. The van der Waals surface area contributed by atoms with Gasteiger partial charge in [0, 0.05) is 0 Å². The van der Waals surface area contributed by atoms with Gasteiger partial charge in [0.25, 0.3) is 6.30 Å². The smallest absolute Gasteiger partial charge is 0.362 e. The fourth-order valence-electron chi connectivity index (χ4n) is 1.00. The summed E-state index contributed by atoms with van der Waals surface area (Å²) in [5.41, 5.74) is -1.72. The molecule has 0 aliphatic rings. The van der Waals surface area contributed by atoms with Crippen molar-refractivity contribution >= 4 is 11.7 Å². The first-order valence-electron chi connectivity index (χ1n) is 4.50. The molecule has 1 unspecified atom stereocenters. The van der Waals surface area contributed by atoms with Crippen LogP contribution in [0.25, 0.3) is 0 Å². The number of halogens is 1. The predicted molar refractivity (Wildman–Crippen MR) is 51.9 cm³/mol. The third kappa shape index (κ3) is 2.83. The fourth-order valence-corrected chi connectivity index (χ4v) is 1.00. The molecular weight excluding hydrogens is 237 g/mol. The average molecular weight is 245 g/mol. The molecular formula is C8H8FN3O5. The van der Waals surface area contributed by atoms with Gasteiger partial charge in [-0.3, -0.25) is 14.7 Å². The van der Waals surface area contributed by atoms with Gasteiger partial charge in [-0.2, -0.15) is 4.98 Å². The predicted octanol–water partition coefficient (Wildman–Crippen LogP) is 0.183. The molecule has 1 rings (SSSR count). The van der Waals surface area contributed by atoms with Crippen LogP contribution in [-0.4, -0.2) is 27.1 Å². The maximum Gasteiger partial charge on any atom is 0.362 e. The quantitative estimate of drug-likeness (QED) is 0.425. The van der Waals surface area contributed by atoms with Crippen LogP contribution in [0, 0.1) is 10.1 Å². The number of esters is 1. The summed E-state index contributed by atoms with van der Waals surface area (Å²) in [6.45, 7) is 1.38. The van der Waals surface area contributed by atoms with Crippen molar-refractivity contribution < 1.29 is 18.8 Å². The van der Waals surface area contributed by atoms with Crippen molar-refractivity contribution in [3.8, 4) is 0 Å². The number of nitrogens with zero attached hydrogens (tertiary/aromatic N) is 3. The van der Waals surface area contributed by atoms with Crippen molar-refractivity contribution in [1.29, 1.82) is 0 Å². The number of nitro groups is 1. The Labute approximate surface area is 93.8 Å². The fraction of sp³-hybridized carbons (Fsp3) is 0.375. The molecule has 0 bridgehead atoms. The summed E-state index contributed by atoms with van der Waals surface area (Å²) in [6.07, 6.45) is -1.18. The zero-order chi connectivity index (χ0) is 13.0. The Morgan fingerprint density at radius 1 is 1.76 bits per heavy atom. The Balaban J connectivity index is 3.12. The van der Waals surface area contributed by atoms with Crippen LogP contribution in [0.15, 0.2) is 17.2 Å². The van der Waals surface area contributed by atoms with Gasteiger partial charge in [-0.25, -0.2) is 14.0 Å². The molecule has 0 amide bonds. The topological polar surface area (TPSA) is 104 Å². The maximum absolute atomic E-state index is 13.4. The van der Waals surface area contributed by atoms with Crippen molar-refractivity contribution in [2.45, 2.75) is 13.2 Å².